The first-order valence-corrected chi connectivity index (χ1v) is 7.32. The van der Waals surface area contributed by atoms with Crippen molar-refractivity contribution in [2.75, 3.05) is 19.8 Å². The van der Waals surface area contributed by atoms with Gasteiger partial charge in [-0.1, -0.05) is 25.1 Å². The van der Waals surface area contributed by atoms with Gasteiger partial charge in [0.1, 0.15) is 0 Å². The van der Waals surface area contributed by atoms with Crippen molar-refractivity contribution in [2.45, 2.75) is 35.4 Å². The highest BCUT2D eigenvalue weighted by Gasteiger charge is 2.29. The van der Waals surface area contributed by atoms with E-state index in [0.717, 1.165) is 19.4 Å². The van der Waals surface area contributed by atoms with Crippen molar-refractivity contribution in [3.05, 3.63) is 29.8 Å². The topological polar surface area (TPSA) is 52.5 Å². The summed E-state index contributed by atoms with van der Waals surface area (Å²) in [6, 6.07) is 8.48. The summed E-state index contributed by atoms with van der Waals surface area (Å²) in [7, 11) is 0. The summed E-state index contributed by atoms with van der Waals surface area (Å²) >= 11 is 1.88. The summed E-state index contributed by atoms with van der Waals surface area (Å²) in [5.74, 6) is 0. The van der Waals surface area contributed by atoms with Crippen LogP contribution in [0.15, 0.2) is 29.2 Å². The van der Waals surface area contributed by atoms with Crippen LogP contribution in [0.4, 0.5) is 0 Å². The van der Waals surface area contributed by atoms with Gasteiger partial charge in [-0.3, -0.25) is 0 Å². The molecule has 1 heterocycles. The van der Waals surface area contributed by atoms with Crippen molar-refractivity contribution >= 4 is 11.8 Å². The zero-order valence-electron chi connectivity index (χ0n) is 10.7. The molecular formula is C14H21NO2S. The molecule has 0 aliphatic carbocycles. The van der Waals surface area contributed by atoms with Gasteiger partial charge in [0.2, 0.25) is 0 Å². The van der Waals surface area contributed by atoms with Crippen molar-refractivity contribution < 1.29 is 10.2 Å². The Hall–Kier alpha value is -0.550. The van der Waals surface area contributed by atoms with Gasteiger partial charge in [-0.25, -0.2) is 0 Å². The SMILES string of the molecule is CCC(CO)(CO)NCC1Cc2ccccc2S1. The maximum absolute atomic E-state index is 9.39. The van der Waals surface area contributed by atoms with E-state index in [1.54, 1.807) is 0 Å². The fourth-order valence-corrected chi connectivity index (χ4v) is 3.46. The van der Waals surface area contributed by atoms with Gasteiger partial charge in [-0.05, 0) is 24.5 Å². The van der Waals surface area contributed by atoms with Gasteiger partial charge in [0.05, 0.1) is 18.8 Å². The van der Waals surface area contributed by atoms with Crippen LogP contribution >= 0.6 is 11.8 Å². The maximum Gasteiger partial charge on any atom is 0.0645 e. The average molecular weight is 267 g/mol. The molecule has 0 saturated heterocycles. The molecule has 2 rings (SSSR count). The largest absolute Gasteiger partial charge is 0.394 e. The molecule has 1 aromatic rings. The number of aliphatic hydroxyl groups excluding tert-OH is 2. The molecule has 1 unspecified atom stereocenters. The molecule has 0 radical (unpaired) electrons. The minimum absolute atomic E-state index is 0.0235. The first-order valence-electron chi connectivity index (χ1n) is 6.44. The highest BCUT2D eigenvalue weighted by atomic mass is 32.2. The standard InChI is InChI=1S/C14H21NO2S/c1-2-14(9-16,10-17)15-8-12-7-11-5-3-4-6-13(11)18-12/h3-6,12,15-17H,2,7-10H2,1H3. The molecule has 1 aromatic carbocycles. The van der Waals surface area contributed by atoms with E-state index in [4.69, 9.17) is 0 Å². The molecule has 0 bridgehead atoms. The molecular weight excluding hydrogens is 246 g/mol. The number of thioether (sulfide) groups is 1. The van der Waals surface area contributed by atoms with E-state index in [-0.39, 0.29) is 13.2 Å². The summed E-state index contributed by atoms with van der Waals surface area (Å²) in [6.07, 6.45) is 1.79. The van der Waals surface area contributed by atoms with E-state index < -0.39 is 5.54 Å². The Morgan fingerprint density at radius 2 is 2.06 bits per heavy atom. The Kier molecular flexibility index (Phi) is 4.67. The smallest absolute Gasteiger partial charge is 0.0645 e. The minimum Gasteiger partial charge on any atom is -0.394 e. The fourth-order valence-electron chi connectivity index (χ4n) is 2.21. The Bertz CT molecular complexity index is 360. The second kappa shape index (κ2) is 6.06. The summed E-state index contributed by atoms with van der Waals surface area (Å²) in [4.78, 5) is 1.36. The normalized spacial score (nSPS) is 18.9. The number of nitrogens with one attached hydrogen (secondary N) is 1. The van der Waals surface area contributed by atoms with E-state index in [2.05, 4.69) is 29.6 Å². The molecule has 3 nitrogen and oxygen atoms in total. The third-order valence-electron chi connectivity index (χ3n) is 3.70. The Morgan fingerprint density at radius 3 is 2.67 bits per heavy atom. The average Bonchev–Trinajstić information content (AvgIpc) is 2.84. The summed E-state index contributed by atoms with van der Waals surface area (Å²) < 4.78 is 0. The van der Waals surface area contributed by atoms with Crippen molar-refractivity contribution in [2.24, 2.45) is 0 Å². The van der Waals surface area contributed by atoms with Crippen LogP contribution in [-0.2, 0) is 6.42 Å². The van der Waals surface area contributed by atoms with Crippen LogP contribution in [0, 0.1) is 0 Å². The summed E-state index contributed by atoms with van der Waals surface area (Å²) in [5, 5.41) is 22.6. The summed E-state index contributed by atoms with van der Waals surface area (Å²) in [5.41, 5.74) is 0.874. The van der Waals surface area contributed by atoms with Crippen molar-refractivity contribution in [1.29, 1.82) is 0 Å². The molecule has 0 saturated carbocycles. The monoisotopic (exact) mass is 267 g/mol. The zero-order chi connectivity index (χ0) is 13.0. The molecule has 0 spiro atoms. The lowest BCUT2D eigenvalue weighted by atomic mass is 9.98. The molecule has 100 valence electrons. The second-order valence-electron chi connectivity index (χ2n) is 4.88. The first-order chi connectivity index (χ1) is 8.73. The lowest BCUT2D eigenvalue weighted by Crippen LogP contribution is -2.53. The molecule has 0 amide bonds. The number of fused-ring (bicyclic) bond motifs is 1. The van der Waals surface area contributed by atoms with Crippen molar-refractivity contribution in [3.63, 3.8) is 0 Å². The molecule has 3 N–H and O–H groups in total. The van der Waals surface area contributed by atoms with Crippen LogP contribution in [0.5, 0.6) is 0 Å². The molecule has 1 aliphatic rings. The van der Waals surface area contributed by atoms with E-state index in [1.165, 1.54) is 10.5 Å². The Morgan fingerprint density at radius 1 is 1.33 bits per heavy atom. The third-order valence-corrected chi connectivity index (χ3v) is 5.02. The molecule has 18 heavy (non-hydrogen) atoms. The van der Waals surface area contributed by atoms with E-state index in [1.807, 2.05) is 18.7 Å². The van der Waals surface area contributed by atoms with Crippen LogP contribution in [0.25, 0.3) is 0 Å². The molecule has 0 aromatic heterocycles. The molecule has 1 aliphatic heterocycles. The molecule has 0 fully saturated rings. The number of hydrogen-bond acceptors (Lipinski definition) is 4. The predicted molar refractivity (Wildman–Crippen MR) is 75.0 cm³/mol. The van der Waals surface area contributed by atoms with Crippen LogP contribution < -0.4 is 5.32 Å². The maximum atomic E-state index is 9.39. The second-order valence-corrected chi connectivity index (χ2v) is 6.22. The van der Waals surface area contributed by atoms with Crippen molar-refractivity contribution in [1.82, 2.24) is 5.32 Å². The predicted octanol–water partition coefficient (Wildman–Crippen LogP) is 1.43. The van der Waals surface area contributed by atoms with E-state index >= 15 is 0 Å². The van der Waals surface area contributed by atoms with Crippen LogP contribution in [0.2, 0.25) is 0 Å². The zero-order valence-corrected chi connectivity index (χ0v) is 11.5. The minimum atomic E-state index is -0.532. The van der Waals surface area contributed by atoms with Crippen molar-refractivity contribution in [3.8, 4) is 0 Å². The van der Waals surface area contributed by atoms with Gasteiger partial charge in [0.25, 0.3) is 0 Å². The van der Waals surface area contributed by atoms with Gasteiger partial charge in [-0.15, -0.1) is 11.8 Å². The highest BCUT2D eigenvalue weighted by molar-refractivity contribution is 8.00. The van der Waals surface area contributed by atoms with Crippen LogP contribution in [0.3, 0.4) is 0 Å². The number of benzene rings is 1. The number of aliphatic hydroxyl groups is 2. The van der Waals surface area contributed by atoms with Gasteiger partial charge < -0.3 is 15.5 Å². The van der Waals surface area contributed by atoms with Gasteiger partial charge >= 0.3 is 0 Å². The Labute approximate surface area is 113 Å². The number of rotatable bonds is 6. The third kappa shape index (κ3) is 2.88. The van der Waals surface area contributed by atoms with Gasteiger partial charge in [0, 0.05) is 16.7 Å². The molecule has 4 heteroatoms. The lowest BCUT2D eigenvalue weighted by molar-refractivity contribution is 0.0882. The first kappa shape index (κ1) is 13.9. The Balaban J connectivity index is 1.90. The van der Waals surface area contributed by atoms with E-state index in [9.17, 15) is 10.2 Å². The quantitative estimate of drug-likeness (QED) is 0.730. The molecule has 1 atom stereocenters. The van der Waals surface area contributed by atoms with Gasteiger partial charge in [0.15, 0.2) is 0 Å². The van der Waals surface area contributed by atoms with Crippen LogP contribution in [-0.4, -0.2) is 40.8 Å². The van der Waals surface area contributed by atoms with Crippen LogP contribution in [0.1, 0.15) is 18.9 Å². The lowest BCUT2D eigenvalue weighted by Gasteiger charge is -2.31. The highest BCUT2D eigenvalue weighted by Crippen LogP contribution is 2.36. The summed E-state index contributed by atoms with van der Waals surface area (Å²) in [6.45, 7) is 2.75. The van der Waals surface area contributed by atoms with Gasteiger partial charge in [-0.2, -0.15) is 0 Å². The fraction of sp³-hybridized carbons (Fsp3) is 0.571. The van der Waals surface area contributed by atoms with E-state index in [0.29, 0.717) is 5.25 Å². The number of hydrogen-bond donors (Lipinski definition) is 3.